The Morgan fingerprint density at radius 2 is 1.81 bits per heavy atom. The summed E-state index contributed by atoms with van der Waals surface area (Å²) >= 11 is 1.52. The van der Waals surface area contributed by atoms with Crippen molar-refractivity contribution < 1.29 is 9.90 Å². The van der Waals surface area contributed by atoms with Crippen LogP contribution < -0.4 is 16.4 Å². The van der Waals surface area contributed by atoms with E-state index in [1.165, 1.54) is 11.3 Å². The van der Waals surface area contributed by atoms with Gasteiger partial charge < -0.3 is 21.5 Å². The largest absolute Gasteiger partial charge is 0.508 e. The Kier molecular flexibility index (Phi) is 4.29. The molecule has 0 fully saturated rings. The molecule has 2 amide bonds. The van der Waals surface area contributed by atoms with Crippen LogP contribution in [0.1, 0.15) is 23.5 Å². The Hall–Kier alpha value is -3.32. The number of rotatable bonds is 3. The van der Waals surface area contributed by atoms with Crippen molar-refractivity contribution in [2.75, 3.05) is 5.73 Å². The lowest BCUT2D eigenvalue weighted by Gasteiger charge is -2.28. The second kappa shape index (κ2) is 6.77. The van der Waals surface area contributed by atoms with E-state index in [4.69, 9.17) is 10.7 Å². The zero-order chi connectivity index (χ0) is 19.0. The molecule has 136 valence electrons. The molecular weight excluding hydrogens is 360 g/mol. The molecule has 5 N–H and O–H groups in total. The molecule has 1 aliphatic heterocycles. The number of nitrogens with zero attached hydrogens (tertiary/aromatic N) is 1. The molecule has 1 aromatic heterocycles. The van der Waals surface area contributed by atoms with Gasteiger partial charge in [-0.25, -0.2) is 9.78 Å². The highest BCUT2D eigenvalue weighted by atomic mass is 32.1. The molecule has 0 bridgehead atoms. The number of nitrogens with one attached hydrogen (secondary N) is 2. The predicted octanol–water partition coefficient (Wildman–Crippen LogP) is 3.88. The van der Waals surface area contributed by atoms with E-state index in [1.807, 2.05) is 36.6 Å². The van der Waals surface area contributed by atoms with Crippen LogP contribution in [-0.4, -0.2) is 16.1 Å². The first kappa shape index (κ1) is 17.1. The number of aromatic hydroxyl groups is 1. The maximum absolute atomic E-state index is 12.0. The molecule has 0 spiro atoms. The smallest absolute Gasteiger partial charge is 0.319 e. The Bertz CT molecular complexity index is 1020. The van der Waals surface area contributed by atoms with Crippen LogP contribution in [-0.2, 0) is 0 Å². The highest BCUT2D eigenvalue weighted by Crippen LogP contribution is 2.37. The zero-order valence-corrected chi connectivity index (χ0v) is 15.4. The third kappa shape index (κ3) is 3.37. The average Bonchev–Trinajstić information content (AvgIpc) is 3.12. The van der Waals surface area contributed by atoms with Gasteiger partial charge in [-0.05, 0) is 36.8 Å². The van der Waals surface area contributed by atoms with E-state index in [1.54, 1.807) is 24.3 Å². The third-order valence-corrected chi connectivity index (χ3v) is 5.31. The Balaban J connectivity index is 1.75. The normalized spacial score (nSPS) is 16.8. The van der Waals surface area contributed by atoms with Gasteiger partial charge in [-0.1, -0.05) is 24.3 Å². The van der Waals surface area contributed by atoms with Crippen molar-refractivity contribution in [1.82, 2.24) is 15.6 Å². The van der Waals surface area contributed by atoms with E-state index in [0.717, 1.165) is 33.1 Å². The van der Waals surface area contributed by atoms with Crippen molar-refractivity contribution in [1.29, 1.82) is 0 Å². The molecule has 2 aromatic carbocycles. The molecular formula is C20H18N4O2S. The van der Waals surface area contributed by atoms with Gasteiger partial charge in [0.2, 0.25) is 0 Å². The van der Waals surface area contributed by atoms with Crippen molar-refractivity contribution in [2.24, 2.45) is 0 Å². The number of aromatic nitrogens is 1. The van der Waals surface area contributed by atoms with Gasteiger partial charge >= 0.3 is 6.03 Å². The second-order valence-corrected chi connectivity index (χ2v) is 7.18. The van der Waals surface area contributed by atoms with Gasteiger partial charge in [-0.3, -0.25) is 0 Å². The summed E-state index contributed by atoms with van der Waals surface area (Å²) in [6, 6.07) is 13.8. The molecule has 6 nitrogen and oxygen atoms in total. The van der Waals surface area contributed by atoms with Crippen LogP contribution in [0.15, 0.2) is 59.6 Å². The summed E-state index contributed by atoms with van der Waals surface area (Å²) in [5.41, 5.74) is 10.9. The number of nitrogens with two attached hydrogens (primary N) is 1. The molecule has 4 rings (SSSR count). The lowest BCUT2D eigenvalue weighted by molar-refractivity contribution is 0.240. The molecule has 27 heavy (non-hydrogen) atoms. The van der Waals surface area contributed by atoms with Gasteiger partial charge in [0.1, 0.15) is 10.8 Å². The van der Waals surface area contributed by atoms with E-state index in [2.05, 4.69) is 10.6 Å². The van der Waals surface area contributed by atoms with Gasteiger partial charge in [0, 0.05) is 27.9 Å². The molecule has 2 heterocycles. The number of nitrogen functional groups attached to an aromatic ring is 1. The molecule has 1 unspecified atom stereocenters. The van der Waals surface area contributed by atoms with Crippen molar-refractivity contribution in [3.8, 4) is 17.0 Å². The van der Waals surface area contributed by atoms with Crippen LogP contribution >= 0.6 is 11.3 Å². The zero-order valence-electron chi connectivity index (χ0n) is 14.6. The number of hydrogen-bond donors (Lipinski definition) is 4. The monoisotopic (exact) mass is 378 g/mol. The number of hydrogen-bond acceptors (Lipinski definition) is 5. The van der Waals surface area contributed by atoms with Crippen molar-refractivity contribution in [2.45, 2.75) is 13.0 Å². The molecule has 1 aliphatic rings. The Morgan fingerprint density at radius 3 is 2.52 bits per heavy atom. The highest BCUT2D eigenvalue weighted by Gasteiger charge is 2.29. The lowest BCUT2D eigenvalue weighted by atomic mass is 9.96. The topological polar surface area (TPSA) is 100 Å². The number of carbonyl (C=O) groups excluding carboxylic acids is 1. The first-order chi connectivity index (χ1) is 13.0. The molecule has 0 aliphatic carbocycles. The number of phenolic OH excluding ortho intramolecular Hbond substituents is 1. The van der Waals surface area contributed by atoms with E-state index < -0.39 is 0 Å². The van der Waals surface area contributed by atoms with E-state index >= 15 is 0 Å². The van der Waals surface area contributed by atoms with Gasteiger partial charge in [-0.2, -0.15) is 0 Å². The summed E-state index contributed by atoms with van der Waals surface area (Å²) < 4.78 is 0. The number of amides is 2. The Labute approximate surface area is 160 Å². The standard InChI is InChI=1S/C20H18N4O2S/c1-11-17(18(24-20(26)22-11)13-4-8-15(25)9-5-13)19-23-16(10-27-19)12-2-6-14(21)7-3-12/h2-10,18,25H,21H2,1H3,(H2,22,24,26). The first-order valence-corrected chi connectivity index (χ1v) is 9.28. The van der Waals surface area contributed by atoms with E-state index in [-0.39, 0.29) is 17.8 Å². The number of phenols is 1. The summed E-state index contributed by atoms with van der Waals surface area (Å²) in [5, 5.41) is 18.1. The molecule has 3 aromatic rings. The van der Waals surface area contributed by atoms with Gasteiger partial charge in [0.15, 0.2) is 0 Å². The maximum atomic E-state index is 12.0. The van der Waals surface area contributed by atoms with Crippen molar-refractivity contribution in [3.63, 3.8) is 0 Å². The quantitative estimate of drug-likeness (QED) is 0.520. The number of allylic oxidation sites excluding steroid dienone is 1. The van der Waals surface area contributed by atoms with E-state index in [0.29, 0.717) is 5.69 Å². The summed E-state index contributed by atoms with van der Waals surface area (Å²) in [7, 11) is 0. The fourth-order valence-electron chi connectivity index (χ4n) is 3.08. The minimum absolute atomic E-state index is 0.182. The number of benzene rings is 2. The van der Waals surface area contributed by atoms with E-state index in [9.17, 15) is 9.90 Å². The van der Waals surface area contributed by atoms with Gasteiger partial charge in [0.05, 0.1) is 11.7 Å². The third-order valence-electron chi connectivity index (χ3n) is 4.44. The molecule has 1 atom stereocenters. The fraction of sp³-hybridized carbons (Fsp3) is 0.100. The minimum Gasteiger partial charge on any atom is -0.508 e. The summed E-state index contributed by atoms with van der Waals surface area (Å²) in [5.74, 6) is 0.182. The maximum Gasteiger partial charge on any atom is 0.319 e. The highest BCUT2D eigenvalue weighted by molar-refractivity contribution is 7.11. The number of anilines is 1. The minimum atomic E-state index is -0.343. The van der Waals surface area contributed by atoms with Crippen LogP contribution in [0.25, 0.3) is 16.8 Å². The Morgan fingerprint density at radius 1 is 1.11 bits per heavy atom. The molecule has 7 heteroatoms. The summed E-state index contributed by atoms with van der Waals surface area (Å²) in [4.78, 5) is 16.8. The molecule has 0 saturated heterocycles. The van der Waals surface area contributed by atoms with Crippen LogP contribution in [0.4, 0.5) is 10.5 Å². The fourth-order valence-corrected chi connectivity index (χ4v) is 4.04. The lowest BCUT2D eigenvalue weighted by Crippen LogP contribution is -2.42. The van der Waals surface area contributed by atoms with Crippen molar-refractivity contribution in [3.05, 3.63) is 70.2 Å². The average molecular weight is 378 g/mol. The van der Waals surface area contributed by atoms with Crippen LogP contribution in [0, 0.1) is 0 Å². The second-order valence-electron chi connectivity index (χ2n) is 6.32. The molecule has 0 radical (unpaired) electrons. The van der Waals surface area contributed by atoms with Gasteiger partial charge in [-0.15, -0.1) is 11.3 Å². The van der Waals surface area contributed by atoms with Gasteiger partial charge in [0.25, 0.3) is 0 Å². The SMILES string of the molecule is CC1=C(c2nc(-c3ccc(N)cc3)cs2)C(c2ccc(O)cc2)NC(=O)N1. The van der Waals surface area contributed by atoms with Crippen LogP contribution in [0.2, 0.25) is 0 Å². The van der Waals surface area contributed by atoms with Crippen LogP contribution in [0.5, 0.6) is 5.75 Å². The molecule has 0 saturated carbocycles. The summed E-state index contributed by atoms with van der Waals surface area (Å²) in [6.45, 7) is 1.87. The van der Waals surface area contributed by atoms with Crippen LogP contribution in [0.3, 0.4) is 0 Å². The first-order valence-electron chi connectivity index (χ1n) is 8.40. The predicted molar refractivity (Wildman–Crippen MR) is 107 cm³/mol. The summed E-state index contributed by atoms with van der Waals surface area (Å²) in [6.07, 6.45) is 0. The number of carbonyl (C=O) groups is 1. The number of urea groups is 1. The van der Waals surface area contributed by atoms with Crippen molar-refractivity contribution >= 4 is 28.6 Å². The number of thiazole rings is 1.